The SMILES string of the molecule is CCCC[C@H](NC(=O)NCCSC(F)(F)F)C(=O)O. The lowest BCUT2D eigenvalue weighted by Gasteiger charge is -2.14. The van der Waals surface area contributed by atoms with Crippen molar-refractivity contribution in [2.24, 2.45) is 0 Å². The Hall–Kier alpha value is -1.12. The third-order valence-electron chi connectivity index (χ3n) is 2.10. The van der Waals surface area contributed by atoms with Gasteiger partial charge in [0, 0.05) is 12.3 Å². The molecule has 112 valence electrons. The van der Waals surface area contributed by atoms with E-state index >= 15 is 0 Å². The summed E-state index contributed by atoms with van der Waals surface area (Å²) in [6.07, 6.45) is 1.72. The van der Waals surface area contributed by atoms with E-state index in [2.05, 4.69) is 10.6 Å². The third-order valence-corrected chi connectivity index (χ3v) is 2.84. The Balaban J connectivity index is 3.90. The normalized spacial score (nSPS) is 12.8. The van der Waals surface area contributed by atoms with Crippen LogP contribution in [0.4, 0.5) is 18.0 Å². The summed E-state index contributed by atoms with van der Waals surface area (Å²) in [7, 11) is 0. The number of aliphatic carboxylic acids is 1. The summed E-state index contributed by atoms with van der Waals surface area (Å²) >= 11 is -0.244. The quantitative estimate of drug-likeness (QED) is 0.601. The number of thioether (sulfide) groups is 1. The van der Waals surface area contributed by atoms with E-state index in [1.165, 1.54) is 0 Å². The molecule has 0 bridgehead atoms. The molecule has 0 aliphatic heterocycles. The maximum absolute atomic E-state index is 11.8. The first-order valence-corrected chi connectivity index (χ1v) is 6.72. The summed E-state index contributed by atoms with van der Waals surface area (Å²) < 4.78 is 35.4. The van der Waals surface area contributed by atoms with Crippen molar-refractivity contribution in [3.8, 4) is 0 Å². The molecule has 0 fully saturated rings. The van der Waals surface area contributed by atoms with Crippen LogP contribution in [0, 0.1) is 0 Å². The zero-order valence-corrected chi connectivity index (χ0v) is 11.2. The van der Waals surface area contributed by atoms with Crippen molar-refractivity contribution in [2.75, 3.05) is 12.3 Å². The van der Waals surface area contributed by atoms with Gasteiger partial charge in [-0.1, -0.05) is 19.8 Å². The first-order valence-electron chi connectivity index (χ1n) is 5.74. The van der Waals surface area contributed by atoms with Crippen molar-refractivity contribution in [2.45, 2.75) is 37.7 Å². The van der Waals surface area contributed by atoms with E-state index < -0.39 is 23.6 Å². The predicted molar refractivity (Wildman–Crippen MR) is 66.0 cm³/mol. The lowest BCUT2D eigenvalue weighted by molar-refractivity contribution is -0.139. The molecule has 0 spiro atoms. The van der Waals surface area contributed by atoms with Crippen LogP contribution in [-0.4, -0.2) is 41.0 Å². The van der Waals surface area contributed by atoms with E-state index in [-0.39, 0.29) is 30.5 Å². The number of carbonyl (C=O) groups is 2. The molecule has 2 amide bonds. The average molecular weight is 302 g/mol. The van der Waals surface area contributed by atoms with Crippen LogP contribution >= 0.6 is 11.8 Å². The van der Waals surface area contributed by atoms with Crippen molar-refractivity contribution in [3.05, 3.63) is 0 Å². The zero-order valence-electron chi connectivity index (χ0n) is 10.4. The summed E-state index contributed by atoms with van der Waals surface area (Å²) in [6.45, 7) is 1.70. The fourth-order valence-corrected chi connectivity index (χ4v) is 1.64. The highest BCUT2D eigenvalue weighted by Crippen LogP contribution is 2.29. The molecular weight excluding hydrogens is 285 g/mol. The number of amides is 2. The Morgan fingerprint density at radius 1 is 1.37 bits per heavy atom. The maximum atomic E-state index is 11.8. The van der Waals surface area contributed by atoms with Crippen molar-refractivity contribution in [1.29, 1.82) is 0 Å². The maximum Gasteiger partial charge on any atom is 0.441 e. The molecule has 0 aromatic rings. The predicted octanol–water partition coefficient (Wildman–Crippen LogP) is 2.18. The summed E-state index contributed by atoms with van der Waals surface area (Å²) in [4.78, 5) is 22.1. The van der Waals surface area contributed by atoms with Gasteiger partial charge in [0.25, 0.3) is 0 Å². The molecule has 0 rings (SSSR count). The van der Waals surface area contributed by atoms with Gasteiger partial charge in [-0.25, -0.2) is 9.59 Å². The monoisotopic (exact) mass is 302 g/mol. The van der Waals surface area contributed by atoms with E-state index in [0.717, 1.165) is 6.42 Å². The molecule has 0 saturated heterocycles. The van der Waals surface area contributed by atoms with Crippen LogP contribution < -0.4 is 10.6 Å². The molecular formula is C10H17F3N2O3S. The van der Waals surface area contributed by atoms with Crippen LogP contribution in [0.2, 0.25) is 0 Å². The minimum absolute atomic E-state index is 0.184. The molecule has 0 aliphatic carbocycles. The number of carboxylic acid groups (broad SMARTS) is 1. The highest BCUT2D eigenvalue weighted by atomic mass is 32.2. The van der Waals surface area contributed by atoms with E-state index in [9.17, 15) is 22.8 Å². The van der Waals surface area contributed by atoms with E-state index in [1.807, 2.05) is 6.92 Å². The largest absolute Gasteiger partial charge is 0.480 e. The van der Waals surface area contributed by atoms with Crippen molar-refractivity contribution in [1.82, 2.24) is 10.6 Å². The molecule has 19 heavy (non-hydrogen) atoms. The van der Waals surface area contributed by atoms with Gasteiger partial charge in [-0.2, -0.15) is 13.2 Å². The number of nitrogens with one attached hydrogen (secondary N) is 2. The second kappa shape index (κ2) is 8.89. The third kappa shape index (κ3) is 10.5. The van der Waals surface area contributed by atoms with Crippen molar-refractivity contribution in [3.63, 3.8) is 0 Å². The topological polar surface area (TPSA) is 78.4 Å². The van der Waals surface area contributed by atoms with Crippen LogP contribution in [-0.2, 0) is 4.79 Å². The average Bonchev–Trinajstić information content (AvgIpc) is 2.28. The second-order valence-electron chi connectivity index (χ2n) is 3.73. The van der Waals surface area contributed by atoms with Crippen molar-refractivity contribution < 1.29 is 27.9 Å². The molecule has 0 heterocycles. The standard InChI is InChI=1S/C10H17F3N2O3S/c1-2-3-4-7(8(16)17)15-9(18)14-5-6-19-10(11,12)13/h7H,2-6H2,1H3,(H,16,17)(H2,14,15,18)/t7-/m0/s1. The lowest BCUT2D eigenvalue weighted by Crippen LogP contribution is -2.46. The molecule has 0 unspecified atom stereocenters. The first kappa shape index (κ1) is 17.9. The second-order valence-corrected chi connectivity index (χ2v) is 4.89. The van der Waals surface area contributed by atoms with Gasteiger partial charge in [-0.15, -0.1) is 0 Å². The number of carboxylic acids is 1. The summed E-state index contributed by atoms with van der Waals surface area (Å²) in [5, 5.41) is 13.2. The number of hydrogen-bond donors (Lipinski definition) is 3. The Morgan fingerprint density at radius 2 is 2.00 bits per heavy atom. The minimum atomic E-state index is -4.33. The number of alkyl halides is 3. The molecule has 0 aromatic carbocycles. The van der Waals surface area contributed by atoms with E-state index in [0.29, 0.717) is 6.42 Å². The molecule has 9 heteroatoms. The number of unbranched alkanes of at least 4 members (excludes halogenated alkanes) is 1. The van der Waals surface area contributed by atoms with Crippen LogP contribution in [0.15, 0.2) is 0 Å². The summed E-state index contributed by atoms with van der Waals surface area (Å²) in [5.41, 5.74) is -4.33. The lowest BCUT2D eigenvalue weighted by atomic mass is 10.1. The molecule has 3 N–H and O–H groups in total. The Kier molecular flexibility index (Phi) is 8.37. The molecule has 0 aliphatic rings. The minimum Gasteiger partial charge on any atom is -0.480 e. The number of halogens is 3. The molecule has 0 radical (unpaired) electrons. The van der Waals surface area contributed by atoms with Crippen LogP contribution in [0.1, 0.15) is 26.2 Å². The Morgan fingerprint density at radius 3 is 2.47 bits per heavy atom. The smallest absolute Gasteiger partial charge is 0.441 e. The first-order chi connectivity index (χ1) is 8.76. The fourth-order valence-electron chi connectivity index (χ4n) is 1.21. The van der Waals surface area contributed by atoms with Crippen LogP contribution in [0.5, 0.6) is 0 Å². The fraction of sp³-hybridized carbons (Fsp3) is 0.800. The molecule has 5 nitrogen and oxygen atoms in total. The van der Waals surface area contributed by atoms with Gasteiger partial charge >= 0.3 is 17.5 Å². The highest BCUT2D eigenvalue weighted by molar-refractivity contribution is 8.00. The van der Waals surface area contributed by atoms with Gasteiger partial charge in [-0.3, -0.25) is 0 Å². The van der Waals surface area contributed by atoms with E-state index in [4.69, 9.17) is 5.11 Å². The van der Waals surface area contributed by atoms with Gasteiger partial charge in [0.05, 0.1) is 0 Å². The number of urea groups is 1. The van der Waals surface area contributed by atoms with Crippen LogP contribution in [0.3, 0.4) is 0 Å². The van der Waals surface area contributed by atoms with Crippen molar-refractivity contribution >= 4 is 23.8 Å². The van der Waals surface area contributed by atoms with E-state index in [1.54, 1.807) is 0 Å². The van der Waals surface area contributed by atoms with Gasteiger partial charge in [0.2, 0.25) is 0 Å². The molecule has 0 saturated carbocycles. The van der Waals surface area contributed by atoms with Gasteiger partial charge in [-0.05, 0) is 18.2 Å². The number of carbonyl (C=O) groups excluding carboxylic acids is 1. The van der Waals surface area contributed by atoms with Gasteiger partial charge < -0.3 is 15.7 Å². The summed E-state index contributed by atoms with van der Waals surface area (Å²) in [6, 6.07) is -1.79. The molecule has 0 aromatic heterocycles. The van der Waals surface area contributed by atoms with Crippen LogP contribution in [0.25, 0.3) is 0 Å². The number of rotatable bonds is 8. The van der Waals surface area contributed by atoms with Gasteiger partial charge in [0.15, 0.2) is 0 Å². The Bertz CT molecular complexity index is 300. The van der Waals surface area contributed by atoms with Gasteiger partial charge in [0.1, 0.15) is 6.04 Å². The zero-order chi connectivity index (χ0) is 14.9. The summed E-state index contributed by atoms with van der Waals surface area (Å²) in [5.74, 6) is -1.47. The Labute approximate surface area is 113 Å². The molecule has 1 atom stereocenters. The number of hydrogen-bond acceptors (Lipinski definition) is 3. The highest BCUT2D eigenvalue weighted by Gasteiger charge is 2.27.